The van der Waals surface area contributed by atoms with Crippen LogP contribution >= 0.6 is 12.2 Å². The largest absolute Gasteiger partial charge is 0.457 e. The van der Waals surface area contributed by atoms with Gasteiger partial charge < -0.3 is 13.6 Å². The summed E-state index contributed by atoms with van der Waals surface area (Å²) in [5.41, 5.74) is 1.21. The van der Waals surface area contributed by atoms with Gasteiger partial charge in [-0.1, -0.05) is 18.2 Å². The van der Waals surface area contributed by atoms with E-state index in [1.165, 1.54) is 0 Å². The third-order valence-corrected chi connectivity index (χ3v) is 2.45. The normalized spacial score (nSPS) is 10.6. The smallest absolute Gasteiger partial charge is 0.363 e. The Morgan fingerprint density at radius 1 is 0.824 bits per heavy atom. The molecule has 0 saturated heterocycles. The maximum absolute atomic E-state index is 5.66. The summed E-state index contributed by atoms with van der Waals surface area (Å²) in [6.07, 6.45) is 0. The molecular formula is C13H8O3S. The summed E-state index contributed by atoms with van der Waals surface area (Å²) in [4.78, 5) is 0.122. The van der Waals surface area contributed by atoms with E-state index < -0.39 is 0 Å². The average molecular weight is 244 g/mol. The molecule has 1 aromatic heterocycles. The van der Waals surface area contributed by atoms with E-state index in [4.69, 9.17) is 25.8 Å². The summed E-state index contributed by atoms with van der Waals surface area (Å²) < 4.78 is 16.0. The lowest BCUT2D eigenvalue weighted by molar-refractivity contribution is 0.443. The molecule has 84 valence electrons. The zero-order valence-corrected chi connectivity index (χ0v) is 9.57. The lowest BCUT2D eigenvalue weighted by atomic mass is 10.3. The van der Waals surface area contributed by atoms with Crippen LogP contribution in [-0.4, -0.2) is 0 Å². The summed E-state index contributed by atoms with van der Waals surface area (Å²) in [6, 6.07) is 14.9. The molecule has 0 unspecified atom stereocenters. The highest BCUT2D eigenvalue weighted by molar-refractivity contribution is 7.71. The summed E-state index contributed by atoms with van der Waals surface area (Å²) in [5.74, 6) is 1.46. The molecule has 0 aliphatic carbocycles. The van der Waals surface area contributed by atoms with Crippen LogP contribution in [0.2, 0.25) is 0 Å². The summed E-state index contributed by atoms with van der Waals surface area (Å²) in [7, 11) is 0. The second-order valence-corrected chi connectivity index (χ2v) is 3.81. The first kappa shape index (κ1) is 10.1. The molecule has 0 aliphatic rings. The van der Waals surface area contributed by atoms with Crippen LogP contribution in [0.3, 0.4) is 0 Å². The van der Waals surface area contributed by atoms with E-state index in [0.717, 1.165) is 5.75 Å². The highest BCUT2D eigenvalue weighted by Crippen LogP contribution is 2.26. The van der Waals surface area contributed by atoms with Gasteiger partial charge in [0.25, 0.3) is 0 Å². The van der Waals surface area contributed by atoms with E-state index in [-0.39, 0.29) is 4.90 Å². The molecule has 0 amide bonds. The fourth-order valence-corrected chi connectivity index (χ4v) is 1.72. The van der Waals surface area contributed by atoms with E-state index in [0.29, 0.717) is 16.9 Å². The summed E-state index contributed by atoms with van der Waals surface area (Å²) in [5, 5.41) is 0. The van der Waals surface area contributed by atoms with Crippen LogP contribution < -0.4 is 4.74 Å². The first-order valence-electron chi connectivity index (χ1n) is 5.08. The first-order valence-corrected chi connectivity index (χ1v) is 5.49. The van der Waals surface area contributed by atoms with Gasteiger partial charge in [-0.25, -0.2) is 0 Å². The molecule has 0 spiro atoms. The molecule has 0 saturated carbocycles. The minimum absolute atomic E-state index is 0.122. The Morgan fingerprint density at radius 2 is 1.59 bits per heavy atom. The van der Waals surface area contributed by atoms with Crippen molar-refractivity contribution in [1.82, 2.24) is 0 Å². The Balaban J connectivity index is 1.98. The molecule has 0 atom stereocenters. The SMILES string of the molecule is S=c1oc2ccc(Oc3ccccc3)cc2o1. The van der Waals surface area contributed by atoms with Gasteiger partial charge >= 0.3 is 4.90 Å². The number of ether oxygens (including phenoxy) is 1. The summed E-state index contributed by atoms with van der Waals surface area (Å²) in [6.45, 7) is 0. The molecule has 0 aliphatic heterocycles. The fraction of sp³-hybridized carbons (Fsp3) is 0. The van der Waals surface area contributed by atoms with E-state index in [1.54, 1.807) is 12.1 Å². The molecule has 3 nitrogen and oxygen atoms in total. The van der Waals surface area contributed by atoms with Crippen molar-refractivity contribution in [3.63, 3.8) is 0 Å². The Kier molecular flexibility index (Phi) is 2.42. The molecular weight excluding hydrogens is 236 g/mol. The van der Waals surface area contributed by atoms with Crippen LogP contribution in [0, 0.1) is 4.90 Å². The van der Waals surface area contributed by atoms with Crippen molar-refractivity contribution in [1.29, 1.82) is 0 Å². The van der Waals surface area contributed by atoms with Crippen molar-refractivity contribution in [2.45, 2.75) is 0 Å². The van der Waals surface area contributed by atoms with Crippen LogP contribution in [0.1, 0.15) is 0 Å². The van der Waals surface area contributed by atoms with Crippen molar-refractivity contribution in [2.24, 2.45) is 0 Å². The minimum Gasteiger partial charge on any atom is -0.457 e. The quantitative estimate of drug-likeness (QED) is 0.619. The van der Waals surface area contributed by atoms with Gasteiger partial charge in [-0.3, -0.25) is 0 Å². The van der Waals surface area contributed by atoms with E-state index in [9.17, 15) is 0 Å². The van der Waals surface area contributed by atoms with Gasteiger partial charge in [-0.15, -0.1) is 0 Å². The maximum atomic E-state index is 5.66. The van der Waals surface area contributed by atoms with Gasteiger partial charge in [-0.05, 0) is 24.3 Å². The molecule has 4 heteroatoms. The van der Waals surface area contributed by atoms with Gasteiger partial charge in [0.1, 0.15) is 11.5 Å². The average Bonchev–Trinajstić information content (AvgIpc) is 2.70. The second-order valence-electron chi connectivity index (χ2n) is 3.48. The minimum atomic E-state index is 0.122. The molecule has 2 aromatic carbocycles. The van der Waals surface area contributed by atoms with Crippen molar-refractivity contribution >= 4 is 23.4 Å². The van der Waals surface area contributed by atoms with Gasteiger partial charge in [0.2, 0.25) is 0 Å². The monoisotopic (exact) mass is 244 g/mol. The molecule has 0 radical (unpaired) electrons. The number of rotatable bonds is 2. The topological polar surface area (TPSA) is 35.5 Å². The van der Waals surface area contributed by atoms with Crippen LogP contribution in [0.25, 0.3) is 11.2 Å². The Morgan fingerprint density at radius 3 is 2.41 bits per heavy atom. The lowest BCUT2D eigenvalue weighted by Gasteiger charge is -2.03. The van der Waals surface area contributed by atoms with Crippen molar-refractivity contribution < 1.29 is 13.6 Å². The van der Waals surface area contributed by atoms with Crippen molar-refractivity contribution in [3.8, 4) is 11.5 Å². The van der Waals surface area contributed by atoms with E-state index in [2.05, 4.69) is 0 Å². The first-order chi connectivity index (χ1) is 8.31. The highest BCUT2D eigenvalue weighted by atomic mass is 32.1. The van der Waals surface area contributed by atoms with Crippen molar-refractivity contribution in [2.75, 3.05) is 0 Å². The van der Waals surface area contributed by atoms with Crippen molar-refractivity contribution in [3.05, 3.63) is 53.4 Å². The van der Waals surface area contributed by atoms with Crippen LogP contribution in [0.4, 0.5) is 0 Å². The van der Waals surface area contributed by atoms with Crippen LogP contribution in [-0.2, 0) is 0 Å². The third-order valence-electron chi connectivity index (χ3n) is 2.28. The van der Waals surface area contributed by atoms with Gasteiger partial charge in [0.05, 0.1) is 0 Å². The van der Waals surface area contributed by atoms with E-state index >= 15 is 0 Å². The molecule has 0 fully saturated rings. The number of benzene rings is 2. The number of hydrogen-bond donors (Lipinski definition) is 0. The third kappa shape index (κ3) is 2.07. The molecule has 17 heavy (non-hydrogen) atoms. The number of fused-ring (bicyclic) bond motifs is 1. The fourth-order valence-electron chi connectivity index (χ4n) is 1.54. The predicted octanol–water partition coefficient (Wildman–Crippen LogP) is 4.55. The van der Waals surface area contributed by atoms with Gasteiger partial charge in [0, 0.05) is 18.3 Å². The van der Waals surface area contributed by atoms with Gasteiger partial charge in [-0.2, -0.15) is 0 Å². The Labute approximate surface area is 102 Å². The highest BCUT2D eigenvalue weighted by Gasteiger charge is 2.04. The zero-order chi connectivity index (χ0) is 11.7. The Bertz CT molecular complexity index is 697. The lowest BCUT2D eigenvalue weighted by Crippen LogP contribution is -1.82. The van der Waals surface area contributed by atoms with E-state index in [1.807, 2.05) is 36.4 Å². The molecule has 3 rings (SSSR count). The maximum Gasteiger partial charge on any atom is 0.363 e. The molecule has 0 N–H and O–H groups in total. The Hall–Kier alpha value is -2.07. The number of hydrogen-bond acceptors (Lipinski definition) is 4. The molecule has 0 bridgehead atoms. The molecule has 1 heterocycles. The zero-order valence-electron chi connectivity index (χ0n) is 8.75. The van der Waals surface area contributed by atoms with Gasteiger partial charge in [0.15, 0.2) is 11.2 Å². The predicted molar refractivity (Wildman–Crippen MR) is 65.8 cm³/mol. The van der Waals surface area contributed by atoms with Crippen LogP contribution in [0.15, 0.2) is 57.4 Å². The molecule has 3 aromatic rings. The van der Waals surface area contributed by atoms with Crippen LogP contribution in [0.5, 0.6) is 11.5 Å². The second kappa shape index (κ2) is 4.07. The standard InChI is InChI=1S/C13H8O3S/c17-13-15-11-7-6-10(8-12(11)16-13)14-9-4-2-1-3-5-9/h1-8H. The summed E-state index contributed by atoms with van der Waals surface area (Å²) >= 11 is 4.81. The number of para-hydroxylation sites is 1.